The minimum atomic E-state index is -1.71. The van der Waals surface area contributed by atoms with E-state index in [-0.39, 0.29) is 25.9 Å². The molecule has 1 aromatic carbocycles. The van der Waals surface area contributed by atoms with Crippen LogP contribution >= 0.6 is 0 Å². The Hall–Kier alpha value is -2.30. The Kier molecular flexibility index (Phi) is 6.10. The van der Waals surface area contributed by atoms with Crippen LogP contribution in [-0.4, -0.2) is 77.3 Å². The van der Waals surface area contributed by atoms with Crippen LogP contribution in [0.4, 0.5) is 0 Å². The maximum absolute atomic E-state index is 13.7. The van der Waals surface area contributed by atoms with Crippen molar-refractivity contribution in [2.45, 2.75) is 95.6 Å². The van der Waals surface area contributed by atoms with Crippen LogP contribution in [0.1, 0.15) is 64.2 Å². The molecule has 0 unspecified atom stereocenters. The molecule has 1 aromatic rings. The third kappa shape index (κ3) is 3.56. The first-order chi connectivity index (χ1) is 18.4. The highest BCUT2D eigenvalue weighted by molar-refractivity contribution is 5.89. The minimum Gasteiger partial charge on any atom is -0.455 e. The predicted octanol–water partition coefficient (Wildman–Crippen LogP) is 2.92. The number of aliphatic hydroxyl groups excluding tert-OH is 1. The number of hydrogen-bond donors (Lipinski definition) is 2. The summed E-state index contributed by atoms with van der Waals surface area (Å²) in [5.74, 6) is -1.84. The Morgan fingerprint density at radius 2 is 1.72 bits per heavy atom. The molecule has 212 valence electrons. The van der Waals surface area contributed by atoms with E-state index in [9.17, 15) is 19.8 Å². The van der Waals surface area contributed by atoms with Crippen LogP contribution in [0.3, 0.4) is 0 Å². The molecule has 4 fully saturated rings. The molecule has 2 saturated carbocycles. The lowest BCUT2D eigenvalue weighted by atomic mass is 9.44. The van der Waals surface area contributed by atoms with Gasteiger partial charge in [-0.1, -0.05) is 44.5 Å². The van der Waals surface area contributed by atoms with Gasteiger partial charge in [0.15, 0.2) is 5.60 Å². The molecule has 9 nitrogen and oxygen atoms in total. The molecule has 39 heavy (non-hydrogen) atoms. The second kappa shape index (κ2) is 8.85. The average Bonchev–Trinajstić information content (AvgIpc) is 2.87. The summed E-state index contributed by atoms with van der Waals surface area (Å²) in [6.07, 6.45) is -2.53. The van der Waals surface area contributed by atoms with Gasteiger partial charge in [0.05, 0.1) is 36.4 Å². The van der Waals surface area contributed by atoms with Gasteiger partial charge in [-0.2, -0.15) is 0 Å². The van der Waals surface area contributed by atoms with Crippen molar-refractivity contribution in [3.8, 4) is 0 Å². The van der Waals surface area contributed by atoms with Gasteiger partial charge in [-0.3, -0.25) is 4.79 Å². The van der Waals surface area contributed by atoms with Gasteiger partial charge in [0, 0.05) is 30.6 Å². The van der Waals surface area contributed by atoms with Gasteiger partial charge in [0.25, 0.3) is 0 Å². The highest BCUT2D eigenvalue weighted by Gasteiger charge is 2.77. The van der Waals surface area contributed by atoms with E-state index in [1.54, 1.807) is 30.3 Å². The first kappa shape index (κ1) is 26.9. The van der Waals surface area contributed by atoms with Crippen LogP contribution in [0.2, 0.25) is 0 Å². The van der Waals surface area contributed by atoms with Crippen molar-refractivity contribution < 1.29 is 43.5 Å². The third-order valence-corrected chi connectivity index (χ3v) is 10.7. The van der Waals surface area contributed by atoms with Crippen LogP contribution in [0.5, 0.6) is 0 Å². The number of carbonyl (C=O) groups is 2. The van der Waals surface area contributed by atoms with Crippen molar-refractivity contribution in [1.82, 2.24) is 0 Å². The van der Waals surface area contributed by atoms with Gasteiger partial charge in [-0.05, 0) is 31.1 Å². The number of aliphatic hydroxyl groups is 2. The lowest BCUT2D eigenvalue weighted by Gasteiger charge is -2.70. The van der Waals surface area contributed by atoms with E-state index in [1.807, 2.05) is 27.7 Å². The lowest BCUT2D eigenvalue weighted by molar-refractivity contribution is -0.389. The standard InChI is InChI=1S/C30H38O9/c1-16-19-11-21-28(5)22(37-15-36-21)12-23-29(14-35-23,39-17(2)31)24(28)25(30(34,13-20(16)32)27(19,3)4)38-26(33)18-9-7-6-8-10-18/h6-10,20-25,32,34H,11-15H2,1-5H3/t20-,21-,22-,23+,24-,25-,28+,29-,30+/m0/s1. The zero-order chi connectivity index (χ0) is 28.0. The lowest BCUT2D eigenvalue weighted by Crippen LogP contribution is -2.82. The van der Waals surface area contributed by atoms with E-state index in [1.165, 1.54) is 6.92 Å². The van der Waals surface area contributed by atoms with Gasteiger partial charge in [-0.25, -0.2) is 4.79 Å². The van der Waals surface area contributed by atoms with E-state index in [0.717, 1.165) is 11.1 Å². The summed E-state index contributed by atoms with van der Waals surface area (Å²) in [6, 6.07) is 8.61. The molecule has 0 spiro atoms. The number of fused-ring (bicyclic) bond motifs is 4. The van der Waals surface area contributed by atoms with Crippen molar-refractivity contribution in [3.05, 3.63) is 47.0 Å². The number of esters is 2. The van der Waals surface area contributed by atoms with E-state index >= 15 is 0 Å². The molecule has 6 rings (SSSR count). The number of ether oxygens (including phenoxy) is 5. The molecule has 2 saturated heterocycles. The fraction of sp³-hybridized carbons (Fsp3) is 0.667. The number of carbonyl (C=O) groups excluding carboxylic acids is 2. The summed E-state index contributed by atoms with van der Waals surface area (Å²) >= 11 is 0. The Balaban J connectivity index is 1.61. The van der Waals surface area contributed by atoms with Crippen molar-refractivity contribution in [2.75, 3.05) is 13.4 Å². The summed E-state index contributed by atoms with van der Waals surface area (Å²) < 4.78 is 31.0. The topological polar surface area (TPSA) is 121 Å². The van der Waals surface area contributed by atoms with Crippen molar-refractivity contribution in [2.24, 2.45) is 16.7 Å². The molecule has 2 bridgehead atoms. The van der Waals surface area contributed by atoms with E-state index in [2.05, 4.69) is 0 Å². The first-order valence-electron chi connectivity index (χ1n) is 13.8. The summed E-state index contributed by atoms with van der Waals surface area (Å²) in [7, 11) is 0. The van der Waals surface area contributed by atoms with Crippen LogP contribution in [0.25, 0.3) is 0 Å². The van der Waals surface area contributed by atoms with Crippen molar-refractivity contribution in [1.29, 1.82) is 0 Å². The maximum Gasteiger partial charge on any atom is 0.338 e. The van der Waals surface area contributed by atoms with Crippen LogP contribution < -0.4 is 0 Å². The van der Waals surface area contributed by atoms with Crippen molar-refractivity contribution >= 4 is 11.9 Å². The Labute approximate surface area is 228 Å². The predicted molar refractivity (Wildman–Crippen MR) is 137 cm³/mol. The average molecular weight is 543 g/mol. The Morgan fingerprint density at radius 1 is 1.03 bits per heavy atom. The minimum absolute atomic E-state index is 0.0482. The Morgan fingerprint density at radius 3 is 2.36 bits per heavy atom. The van der Waals surface area contributed by atoms with Gasteiger partial charge < -0.3 is 33.9 Å². The van der Waals surface area contributed by atoms with Gasteiger partial charge >= 0.3 is 11.9 Å². The summed E-state index contributed by atoms with van der Waals surface area (Å²) in [5.41, 5.74) is -2.62. The monoisotopic (exact) mass is 542 g/mol. The molecule has 3 aliphatic carbocycles. The molecule has 2 aliphatic heterocycles. The summed E-state index contributed by atoms with van der Waals surface area (Å²) in [6.45, 7) is 9.30. The zero-order valence-corrected chi connectivity index (χ0v) is 23.1. The highest BCUT2D eigenvalue weighted by Crippen LogP contribution is 2.66. The van der Waals surface area contributed by atoms with Crippen LogP contribution in [0, 0.1) is 16.7 Å². The van der Waals surface area contributed by atoms with E-state index < -0.39 is 64.3 Å². The highest BCUT2D eigenvalue weighted by atomic mass is 16.7. The molecule has 0 radical (unpaired) electrons. The molecule has 2 N–H and O–H groups in total. The second-order valence-electron chi connectivity index (χ2n) is 12.7. The third-order valence-electron chi connectivity index (χ3n) is 10.7. The number of rotatable bonds is 3. The zero-order valence-electron chi connectivity index (χ0n) is 23.1. The van der Waals surface area contributed by atoms with Gasteiger partial charge in [-0.15, -0.1) is 0 Å². The fourth-order valence-electron chi connectivity index (χ4n) is 8.35. The van der Waals surface area contributed by atoms with E-state index in [0.29, 0.717) is 18.4 Å². The largest absolute Gasteiger partial charge is 0.455 e. The molecule has 5 aliphatic rings. The second-order valence-corrected chi connectivity index (χ2v) is 12.7. The molecule has 9 atom stereocenters. The quantitative estimate of drug-likeness (QED) is 0.439. The molecule has 0 aromatic heterocycles. The molecular formula is C30H38O9. The number of hydrogen-bond acceptors (Lipinski definition) is 9. The molecule has 2 heterocycles. The smallest absolute Gasteiger partial charge is 0.338 e. The Bertz CT molecular complexity index is 1210. The molecular weight excluding hydrogens is 504 g/mol. The first-order valence-corrected chi connectivity index (χ1v) is 13.8. The van der Waals surface area contributed by atoms with Crippen molar-refractivity contribution in [3.63, 3.8) is 0 Å². The van der Waals surface area contributed by atoms with Crippen LogP contribution in [0.15, 0.2) is 41.5 Å². The number of benzene rings is 1. The normalized spacial score (nSPS) is 44.1. The van der Waals surface area contributed by atoms with Gasteiger partial charge in [0.1, 0.15) is 24.6 Å². The molecule has 9 heteroatoms. The van der Waals surface area contributed by atoms with E-state index in [4.69, 9.17) is 23.7 Å². The van der Waals surface area contributed by atoms with Gasteiger partial charge in [0.2, 0.25) is 0 Å². The fourth-order valence-corrected chi connectivity index (χ4v) is 8.35. The maximum atomic E-state index is 13.7. The SMILES string of the molecule is CC(=O)O[C@@]12CO[C@@H]1C[C@@H]1OCO[C@H]3CC4=C(C)[C@@H](O)C[C@@](O)([C@@H](OC(=O)c5ccccc5)[C@H]2[C@]31C)C4(C)C. The molecule has 0 amide bonds. The van der Waals surface area contributed by atoms with Crippen LogP contribution in [-0.2, 0) is 28.5 Å². The summed E-state index contributed by atoms with van der Waals surface area (Å²) in [4.78, 5) is 26.3. The summed E-state index contributed by atoms with van der Waals surface area (Å²) in [5, 5.41) is 24.1.